The fourth-order valence-electron chi connectivity index (χ4n) is 3.20. The van der Waals surface area contributed by atoms with Gasteiger partial charge in [-0.1, -0.05) is 60.7 Å². The van der Waals surface area contributed by atoms with Crippen molar-refractivity contribution in [3.63, 3.8) is 0 Å². The predicted molar refractivity (Wildman–Crippen MR) is 117 cm³/mol. The van der Waals surface area contributed by atoms with Crippen molar-refractivity contribution in [1.29, 1.82) is 0 Å². The first-order valence-corrected chi connectivity index (χ1v) is 9.88. The molecule has 0 aliphatic rings. The van der Waals surface area contributed by atoms with Gasteiger partial charge in [-0.25, -0.2) is 4.79 Å². The van der Waals surface area contributed by atoms with Crippen LogP contribution in [0.1, 0.15) is 27.5 Å². The van der Waals surface area contributed by atoms with Crippen LogP contribution in [0.3, 0.4) is 0 Å². The summed E-state index contributed by atoms with van der Waals surface area (Å²) in [5, 5.41) is 3.05. The van der Waals surface area contributed by atoms with Gasteiger partial charge in [-0.3, -0.25) is 4.79 Å². The van der Waals surface area contributed by atoms with Gasteiger partial charge in [0.05, 0.1) is 25.8 Å². The first-order chi connectivity index (χ1) is 15.1. The third-order valence-corrected chi connectivity index (χ3v) is 4.76. The van der Waals surface area contributed by atoms with Crippen LogP contribution < -0.4 is 14.8 Å². The minimum atomic E-state index is -0.478. The Morgan fingerprint density at radius 3 is 2.19 bits per heavy atom. The summed E-state index contributed by atoms with van der Waals surface area (Å²) in [5.41, 5.74) is 2.47. The van der Waals surface area contributed by atoms with Crippen molar-refractivity contribution in [3.8, 4) is 11.5 Å². The zero-order valence-corrected chi connectivity index (χ0v) is 17.5. The molecular weight excluding hydrogens is 394 g/mol. The lowest BCUT2D eigenvalue weighted by molar-refractivity contribution is -0.123. The van der Waals surface area contributed by atoms with Gasteiger partial charge in [0.1, 0.15) is 0 Å². The molecule has 0 unspecified atom stereocenters. The Morgan fingerprint density at radius 1 is 0.871 bits per heavy atom. The van der Waals surface area contributed by atoms with Gasteiger partial charge >= 0.3 is 5.97 Å². The first kappa shape index (κ1) is 21.9. The number of carbonyl (C=O) groups is 2. The normalized spacial score (nSPS) is 11.3. The lowest BCUT2D eigenvalue weighted by atomic mass is 9.99. The molecule has 0 heterocycles. The molecule has 160 valence electrons. The number of rotatable bonds is 9. The minimum absolute atomic E-state index is 0.188. The number of nitrogens with one attached hydrogen (secondary N) is 1. The summed E-state index contributed by atoms with van der Waals surface area (Å²) in [5.74, 6) is -0.0256. The monoisotopic (exact) mass is 419 g/mol. The van der Waals surface area contributed by atoms with Crippen LogP contribution >= 0.6 is 0 Å². The molecular formula is C25H25NO5. The van der Waals surface area contributed by atoms with Crippen LogP contribution in [0.4, 0.5) is 0 Å². The Morgan fingerprint density at radius 2 is 1.55 bits per heavy atom. The summed E-state index contributed by atoms with van der Waals surface area (Å²) in [6.45, 7) is -0.188. The summed E-state index contributed by atoms with van der Waals surface area (Å²) in [7, 11) is 2.77. The zero-order valence-electron chi connectivity index (χ0n) is 17.5. The summed E-state index contributed by atoms with van der Waals surface area (Å²) in [6, 6.07) is 24.3. The first-order valence-electron chi connectivity index (χ1n) is 9.88. The molecule has 6 nitrogen and oxygen atoms in total. The molecule has 1 amide bonds. The number of esters is 1. The quantitative estimate of drug-likeness (QED) is 0.532. The maximum absolute atomic E-state index is 12.7. The van der Waals surface area contributed by atoms with Crippen LogP contribution in [0, 0.1) is 0 Å². The van der Waals surface area contributed by atoms with Crippen LogP contribution in [0.2, 0.25) is 0 Å². The minimum Gasteiger partial charge on any atom is -0.493 e. The van der Waals surface area contributed by atoms with E-state index in [1.54, 1.807) is 12.1 Å². The second-order valence-electron chi connectivity index (χ2n) is 6.87. The van der Waals surface area contributed by atoms with Crippen molar-refractivity contribution in [3.05, 3.63) is 95.6 Å². The Hall–Kier alpha value is -3.80. The summed E-state index contributed by atoms with van der Waals surface area (Å²) < 4.78 is 15.6. The third-order valence-electron chi connectivity index (χ3n) is 4.76. The smallest absolute Gasteiger partial charge is 0.337 e. The van der Waals surface area contributed by atoms with Gasteiger partial charge in [0, 0.05) is 0 Å². The van der Waals surface area contributed by atoms with Crippen molar-refractivity contribution in [1.82, 2.24) is 5.32 Å². The van der Waals surface area contributed by atoms with Crippen LogP contribution in [0.15, 0.2) is 78.9 Å². The molecule has 0 fully saturated rings. The molecule has 3 rings (SSSR count). The number of amides is 1. The topological polar surface area (TPSA) is 73.9 Å². The van der Waals surface area contributed by atoms with Crippen LogP contribution in [-0.2, 0) is 16.0 Å². The molecule has 0 aliphatic heterocycles. The van der Waals surface area contributed by atoms with Crippen LogP contribution in [-0.4, -0.2) is 32.7 Å². The van der Waals surface area contributed by atoms with E-state index in [2.05, 4.69) is 5.32 Å². The van der Waals surface area contributed by atoms with E-state index in [1.807, 2.05) is 60.7 Å². The lowest BCUT2D eigenvalue weighted by Gasteiger charge is -2.20. The molecule has 31 heavy (non-hydrogen) atoms. The van der Waals surface area contributed by atoms with E-state index >= 15 is 0 Å². The highest BCUT2D eigenvalue weighted by Gasteiger charge is 2.17. The second kappa shape index (κ2) is 10.8. The highest BCUT2D eigenvalue weighted by Crippen LogP contribution is 2.28. The van der Waals surface area contributed by atoms with Gasteiger partial charge < -0.3 is 19.5 Å². The van der Waals surface area contributed by atoms with E-state index in [0.29, 0.717) is 23.5 Å². The van der Waals surface area contributed by atoms with Crippen molar-refractivity contribution >= 4 is 11.9 Å². The predicted octanol–water partition coefficient (Wildman–Crippen LogP) is 3.96. The van der Waals surface area contributed by atoms with E-state index < -0.39 is 5.97 Å². The number of hydrogen-bond donors (Lipinski definition) is 1. The zero-order chi connectivity index (χ0) is 22.1. The highest BCUT2D eigenvalue weighted by molar-refractivity contribution is 5.90. The molecule has 0 aliphatic carbocycles. The Labute approximate surface area is 181 Å². The molecule has 0 aromatic heterocycles. The largest absolute Gasteiger partial charge is 0.493 e. The average Bonchev–Trinajstić information content (AvgIpc) is 2.83. The fraction of sp³-hybridized carbons (Fsp3) is 0.200. The van der Waals surface area contributed by atoms with Gasteiger partial charge in [-0.05, 0) is 35.7 Å². The highest BCUT2D eigenvalue weighted by atomic mass is 16.5. The Bertz CT molecular complexity index is 1000. The van der Waals surface area contributed by atoms with Gasteiger partial charge in [-0.2, -0.15) is 0 Å². The molecule has 6 heteroatoms. The van der Waals surface area contributed by atoms with Crippen LogP contribution in [0.5, 0.6) is 11.5 Å². The van der Waals surface area contributed by atoms with Crippen molar-refractivity contribution in [2.75, 3.05) is 20.8 Å². The lowest BCUT2D eigenvalue weighted by Crippen LogP contribution is -2.33. The van der Waals surface area contributed by atoms with Gasteiger partial charge in [-0.15, -0.1) is 0 Å². The van der Waals surface area contributed by atoms with Crippen molar-refractivity contribution in [2.45, 2.75) is 12.5 Å². The maximum Gasteiger partial charge on any atom is 0.337 e. The Kier molecular flexibility index (Phi) is 7.65. The summed E-state index contributed by atoms with van der Waals surface area (Å²) in [6.07, 6.45) is 0.660. The van der Waals surface area contributed by atoms with Crippen LogP contribution in [0.25, 0.3) is 0 Å². The Balaban J connectivity index is 1.68. The molecule has 0 saturated heterocycles. The second-order valence-corrected chi connectivity index (χ2v) is 6.87. The number of ether oxygens (including phenoxy) is 3. The van der Waals surface area contributed by atoms with Gasteiger partial charge in [0.15, 0.2) is 18.1 Å². The van der Waals surface area contributed by atoms with E-state index in [4.69, 9.17) is 14.2 Å². The van der Waals surface area contributed by atoms with E-state index in [1.165, 1.54) is 20.3 Å². The standard InChI is InChI=1S/C25H25NO5/c1-29-23-16-20(25(28)30-2)13-14-22(23)31-17-24(27)26-21(19-11-7-4-8-12-19)15-18-9-5-3-6-10-18/h3-14,16,21H,15,17H2,1-2H3,(H,26,27)/t21-/m1/s1. The number of hydrogen-bond acceptors (Lipinski definition) is 5. The molecule has 1 atom stereocenters. The number of carbonyl (C=O) groups excluding carboxylic acids is 2. The third kappa shape index (κ3) is 6.09. The van der Waals surface area contributed by atoms with E-state index in [9.17, 15) is 9.59 Å². The molecule has 0 bridgehead atoms. The van der Waals surface area contributed by atoms with Crippen molar-refractivity contribution in [2.24, 2.45) is 0 Å². The summed E-state index contributed by atoms with van der Waals surface area (Å²) in [4.78, 5) is 24.3. The maximum atomic E-state index is 12.7. The number of benzene rings is 3. The molecule has 3 aromatic carbocycles. The van der Waals surface area contributed by atoms with E-state index in [0.717, 1.165) is 11.1 Å². The molecule has 0 radical (unpaired) electrons. The molecule has 0 saturated carbocycles. The average molecular weight is 419 g/mol. The van der Waals surface area contributed by atoms with Gasteiger partial charge in [0.25, 0.3) is 5.91 Å². The number of methoxy groups -OCH3 is 2. The van der Waals surface area contributed by atoms with Gasteiger partial charge in [0.2, 0.25) is 0 Å². The molecule has 1 N–H and O–H groups in total. The van der Waals surface area contributed by atoms with Crippen molar-refractivity contribution < 1.29 is 23.8 Å². The molecule has 0 spiro atoms. The van der Waals surface area contributed by atoms with E-state index in [-0.39, 0.29) is 18.6 Å². The summed E-state index contributed by atoms with van der Waals surface area (Å²) >= 11 is 0. The SMILES string of the molecule is COC(=O)c1ccc(OCC(=O)N[C@H](Cc2ccccc2)c2ccccc2)c(OC)c1. The fourth-order valence-corrected chi connectivity index (χ4v) is 3.20. The molecule has 3 aromatic rings.